The number of nitrogens with one attached hydrogen (secondary N) is 1. The Morgan fingerprint density at radius 3 is 2.53 bits per heavy atom. The van der Waals surface area contributed by atoms with Gasteiger partial charge in [-0.2, -0.15) is 0 Å². The highest BCUT2D eigenvalue weighted by molar-refractivity contribution is 7.11. The maximum Gasteiger partial charge on any atom is 0.109 e. The molecule has 1 aromatic heterocycles. The van der Waals surface area contributed by atoms with Crippen molar-refractivity contribution in [2.75, 3.05) is 13.2 Å². The molecule has 0 fully saturated rings. The zero-order chi connectivity index (χ0) is 12.9. The summed E-state index contributed by atoms with van der Waals surface area (Å²) in [6.45, 7) is 9.57. The Hall–Kier alpha value is -0.450. The number of hydrogen-bond acceptors (Lipinski definition) is 4. The molecule has 1 heterocycles. The highest BCUT2D eigenvalue weighted by Gasteiger charge is 2.25. The first-order valence-electron chi connectivity index (χ1n) is 6.33. The van der Waals surface area contributed by atoms with E-state index in [1.54, 1.807) is 11.3 Å². The Bertz CT molecular complexity index is 326. The predicted molar refractivity (Wildman–Crippen MR) is 73.4 cm³/mol. The van der Waals surface area contributed by atoms with Gasteiger partial charge < -0.3 is 10.4 Å². The summed E-state index contributed by atoms with van der Waals surface area (Å²) < 4.78 is 0. The summed E-state index contributed by atoms with van der Waals surface area (Å²) in [5.74, 6) is 0. The smallest absolute Gasteiger partial charge is 0.109 e. The molecule has 98 valence electrons. The van der Waals surface area contributed by atoms with Gasteiger partial charge in [0.2, 0.25) is 0 Å². The lowest BCUT2D eigenvalue weighted by atomic mass is 9.83. The van der Waals surface area contributed by atoms with Crippen LogP contribution in [0.15, 0.2) is 6.20 Å². The van der Waals surface area contributed by atoms with Gasteiger partial charge in [0.15, 0.2) is 0 Å². The molecule has 1 aromatic rings. The molecule has 4 heteroatoms. The topological polar surface area (TPSA) is 45.1 Å². The molecular weight excluding hydrogens is 232 g/mol. The van der Waals surface area contributed by atoms with Gasteiger partial charge in [-0.05, 0) is 26.7 Å². The fourth-order valence-electron chi connectivity index (χ4n) is 1.81. The fourth-order valence-corrected chi connectivity index (χ4v) is 2.61. The largest absolute Gasteiger partial charge is 0.396 e. The van der Waals surface area contributed by atoms with Crippen molar-refractivity contribution < 1.29 is 5.11 Å². The van der Waals surface area contributed by atoms with E-state index in [1.165, 1.54) is 4.88 Å². The lowest BCUT2D eigenvalue weighted by molar-refractivity contribution is 0.110. The van der Waals surface area contributed by atoms with E-state index in [2.05, 4.69) is 38.0 Å². The van der Waals surface area contributed by atoms with Gasteiger partial charge in [-0.1, -0.05) is 13.8 Å². The number of aliphatic hydroxyl groups is 1. The zero-order valence-electron chi connectivity index (χ0n) is 11.3. The van der Waals surface area contributed by atoms with E-state index in [1.807, 2.05) is 6.20 Å². The number of thiazole rings is 1. The van der Waals surface area contributed by atoms with Crippen molar-refractivity contribution in [3.63, 3.8) is 0 Å². The second-order valence-electron chi connectivity index (χ2n) is 4.78. The van der Waals surface area contributed by atoms with Crippen LogP contribution in [-0.2, 0) is 0 Å². The second-order valence-corrected chi connectivity index (χ2v) is 6.04. The third-order valence-corrected chi connectivity index (χ3v) is 4.72. The number of aliphatic hydroxyl groups excluding tert-OH is 1. The van der Waals surface area contributed by atoms with E-state index in [9.17, 15) is 5.11 Å². The fraction of sp³-hybridized carbons (Fsp3) is 0.769. The summed E-state index contributed by atoms with van der Waals surface area (Å²) in [7, 11) is 0. The predicted octanol–water partition coefficient (Wildman–Crippen LogP) is 2.90. The van der Waals surface area contributed by atoms with Gasteiger partial charge in [0, 0.05) is 29.6 Å². The van der Waals surface area contributed by atoms with E-state index < -0.39 is 0 Å². The van der Waals surface area contributed by atoms with Gasteiger partial charge in [0.1, 0.15) is 5.01 Å². The van der Waals surface area contributed by atoms with Gasteiger partial charge in [0.25, 0.3) is 0 Å². The van der Waals surface area contributed by atoms with E-state index in [0.29, 0.717) is 0 Å². The molecule has 0 saturated heterocycles. The maximum atomic E-state index is 9.51. The van der Waals surface area contributed by atoms with Gasteiger partial charge >= 0.3 is 0 Å². The van der Waals surface area contributed by atoms with Gasteiger partial charge in [0.05, 0.1) is 6.04 Å². The minimum absolute atomic E-state index is 0.0144. The highest BCUT2D eigenvalue weighted by atomic mass is 32.1. The molecule has 0 amide bonds. The molecule has 1 rings (SSSR count). The van der Waals surface area contributed by atoms with Crippen molar-refractivity contribution in [2.45, 2.75) is 46.6 Å². The summed E-state index contributed by atoms with van der Waals surface area (Å²) in [4.78, 5) is 5.63. The molecule has 2 N–H and O–H groups in total. The van der Waals surface area contributed by atoms with E-state index in [4.69, 9.17) is 0 Å². The molecule has 0 saturated carbocycles. The lowest BCUT2D eigenvalue weighted by Gasteiger charge is -2.30. The van der Waals surface area contributed by atoms with Crippen molar-refractivity contribution >= 4 is 11.3 Å². The van der Waals surface area contributed by atoms with Crippen molar-refractivity contribution in [2.24, 2.45) is 5.41 Å². The Kier molecular flexibility index (Phi) is 5.56. The standard InChI is InChI=1S/C13H24N2OS/c1-5-13(6-2,9-16)8-15-11(4)12-14-7-10(3)17-12/h7,11,15-16H,5-6,8-9H2,1-4H3. The number of rotatable bonds is 7. The molecule has 17 heavy (non-hydrogen) atoms. The average molecular weight is 256 g/mol. The minimum Gasteiger partial charge on any atom is -0.396 e. The molecule has 0 aliphatic carbocycles. The zero-order valence-corrected chi connectivity index (χ0v) is 12.1. The summed E-state index contributed by atoms with van der Waals surface area (Å²) in [5, 5.41) is 14.1. The average Bonchev–Trinajstić information content (AvgIpc) is 2.78. The Balaban J connectivity index is 2.55. The van der Waals surface area contributed by atoms with Gasteiger partial charge in [-0.25, -0.2) is 4.98 Å². The minimum atomic E-state index is 0.0144. The van der Waals surface area contributed by atoms with Crippen LogP contribution in [0.5, 0.6) is 0 Å². The Morgan fingerprint density at radius 1 is 1.47 bits per heavy atom. The third-order valence-electron chi connectivity index (χ3n) is 3.63. The summed E-state index contributed by atoms with van der Waals surface area (Å²) in [5.41, 5.74) is 0.0144. The van der Waals surface area contributed by atoms with Crippen LogP contribution in [0.4, 0.5) is 0 Å². The molecule has 0 aromatic carbocycles. The second kappa shape index (κ2) is 6.47. The first-order valence-corrected chi connectivity index (χ1v) is 7.15. The van der Waals surface area contributed by atoms with Crippen LogP contribution >= 0.6 is 11.3 Å². The van der Waals surface area contributed by atoms with Gasteiger partial charge in [-0.15, -0.1) is 11.3 Å². The monoisotopic (exact) mass is 256 g/mol. The number of nitrogens with zero attached hydrogens (tertiary/aromatic N) is 1. The number of aryl methyl sites for hydroxylation is 1. The van der Waals surface area contributed by atoms with Crippen LogP contribution in [0.25, 0.3) is 0 Å². The highest BCUT2D eigenvalue weighted by Crippen LogP contribution is 2.26. The summed E-state index contributed by atoms with van der Waals surface area (Å²) in [6.07, 6.45) is 3.91. The summed E-state index contributed by atoms with van der Waals surface area (Å²) >= 11 is 1.73. The van der Waals surface area contributed by atoms with Crippen molar-refractivity contribution in [3.8, 4) is 0 Å². The normalized spacial score (nSPS) is 13.9. The summed E-state index contributed by atoms with van der Waals surface area (Å²) in [6, 6.07) is 0.262. The van der Waals surface area contributed by atoms with Crippen LogP contribution in [0.3, 0.4) is 0 Å². The SMILES string of the molecule is CCC(CC)(CO)CNC(C)c1ncc(C)s1. The van der Waals surface area contributed by atoms with Crippen LogP contribution < -0.4 is 5.32 Å². The van der Waals surface area contributed by atoms with E-state index >= 15 is 0 Å². The molecule has 0 bridgehead atoms. The molecule has 0 aliphatic heterocycles. The molecular formula is C13H24N2OS. The van der Waals surface area contributed by atoms with Crippen molar-refractivity contribution in [1.29, 1.82) is 0 Å². The molecule has 0 radical (unpaired) electrons. The van der Waals surface area contributed by atoms with Gasteiger partial charge in [-0.3, -0.25) is 0 Å². The van der Waals surface area contributed by atoms with Crippen LogP contribution in [0.1, 0.15) is 49.5 Å². The number of hydrogen-bond donors (Lipinski definition) is 2. The van der Waals surface area contributed by atoms with E-state index in [0.717, 1.165) is 24.4 Å². The van der Waals surface area contributed by atoms with E-state index in [-0.39, 0.29) is 18.1 Å². The molecule has 0 spiro atoms. The first kappa shape index (κ1) is 14.6. The lowest BCUT2D eigenvalue weighted by Crippen LogP contribution is -2.37. The molecule has 3 nitrogen and oxygen atoms in total. The molecule has 0 aliphatic rings. The van der Waals surface area contributed by atoms with Crippen LogP contribution in [0.2, 0.25) is 0 Å². The number of aromatic nitrogens is 1. The Labute approximate surface area is 108 Å². The van der Waals surface area contributed by atoms with Crippen LogP contribution in [-0.4, -0.2) is 23.2 Å². The molecule has 1 atom stereocenters. The first-order chi connectivity index (χ1) is 8.06. The maximum absolute atomic E-state index is 9.51. The molecule has 1 unspecified atom stereocenters. The Morgan fingerprint density at radius 2 is 2.12 bits per heavy atom. The van der Waals surface area contributed by atoms with Crippen molar-refractivity contribution in [3.05, 3.63) is 16.1 Å². The quantitative estimate of drug-likeness (QED) is 0.788. The van der Waals surface area contributed by atoms with Crippen molar-refractivity contribution in [1.82, 2.24) is 10.3 Å². The third kappa shape index (κ3) is 3.76. The van der Waals surface area contributed by atoms with Crippen LogP contribution in [0, 0.1) is 12.3 Å².